The number of amides is 2. The Kier molecular flexibility index (Phi) is 2.64. The van der Waals surface area contributed by atoms with E-state index in [1.54, 1.807) is 22.9 Å². The highest BCUT2D eigenvalue weighted by atomic mass is 127. The molecule has 2 amide bonds. The Morgan fingerprint density at radius 1 is 1.10 bits per heavy atom. The quantitative estimate of drug-likeness (QED) is 0.370. The standard InChI is InChI=1S/C6H8INO2/c7-8-5(9)3-1-2-4-6(8)10/h1-4H2. The maximum absolute atomic E-state index is 10.9. The summed E-state index contributed by atoms with van der Waals surface area (Å²) in [5, 5.41) is 0. The van der Waals surface area contributed by atoms with Crippen LogP contribution in [0.3, 0.4) is 0 Å². The molecule has 1 aliphatic rings. The van der Waals surface area contributed by atoms with Crippen LogP contribution in [0.1, 0.15) is 25.7 Å². The van der Waals surface area contributed by atoms with Gasteiger partial charge in [-0.1, -0.05) is 0 Å². The lowest BCUT2D eigenvalue weighted by Gasteiger charge is -2.06. The number of carbonyl (C=O) groups excluding carboxylic acids is 2. The van der Waals surface area contributed by atoms with Crippen LogP contribution in [0.25, 0.3) is 0 Å². The zero-order valence-corrected chi connectivity index (χ0v) is 7.63. The number of carbonyl (C=O) groups is 2. The van der Waals surface area contributed by atoms with Gasteiger partial charge in [-0.15, -0.1) is 0 Å². The van der Waals surface area contributed by atoms with Crippen LogP contribution in [0.15, 0.2) is 0 Å². The Hall–Kier alpha value is -0.130. The maximum atomic E-state index is 10.9. The van der Waals surface area contributed by atoms with Crippen molar-refractivity contribution in [3.63, 3.8) is 0 Å². The molecule has 0 aliphatic carbocycles. The monoisotopic (exact) mass is 253 g/mol. The molecule has 0 saturated carbocycles. The van der Waals surface area contributed by atoms with E-state index in [2.05, 4.69) is 0 Å². The van der Waals surface area contributed by atoms with Gasteiger partial charge in [-0.05, 0) is 12.8 Å². The van der Waals surface area contributed by atoms with Gasteiger partial charge in [0, 0.05) is 12.8 Å². The number of hydrogen-bond acceptors (Lipinski definition) is 2. The third-order valence-electron chi connectivity index (χ3n) is 1.47. The third-order valence-corrected chi connectivity index (χ3v) is 2.55. The van der Waals surface area contributed by atoms with Crippen molar-refractivity contribution >= 4 is 34.7 Å². The maximum Gasteiger partial charge on any atom is 0.238 e. The van der Waals surface area contributed by atoms with Crippen LogP contribution in [0.5, 0.6) is 0 Å². The Labute approximate surface area is 73.3 Å². The first-order valence-corrected chi connectivity index (χ1v) is 4.20. The lowest BCUT2D eigenvalue weighted by molar-refractivity contribution is -0.135. The van der Waals surface area contributed by atoms with E-state index >= 15 is 0 Å². The number of halogens is 1. The van der Waals surface area contributed by atoms with Gasteiger partial charge < -0.3 is 0 Å². The van der Waals surface area contributed by atoms with Gasteiger partial charge in [0.2, 0.25) is 11.8 Å². The van der Waals surface area contributed by atoms with Crippen LogP contribution in [-0.4, -0.2) is 14.9 Å². The van der Waals surface area contributed by atoms with Crippen molar-refractivity contribution in [1.29, 1.82) is 0 Å². The summed E-state index contributed by atoms with van der Waals surface area (Å²) in [6.45, 7) is 0. The van der Waals surface area contributed by atoms with Crippen molar-refractivity contribution in [2.45, 2.75) is 25.7 Å². The third kappa shape index (κ3) is 1.68. The van der Waals surface area contributed by atoms with Crippen LogP contribution in [0.2, 0.25) is 0 Å². The van der Waals surface area contributed by atoms with Crippen LogP contribution >= 0.6 is 22.9 Å². The van der Waals surface area contributed by atoms with Gasteiger partial charge in [-0.3, -0.25) is 9.59 Å². The fourth-order valence-corrected chi connectivity index (χ4v) is 1.37. The Morgan fingerprint density at radius 3 is 1.90 bits per heavy atom. The molecule has 0 aromatic carbocycles. The molecule has 1 heterocycles. The van der Waals surface area contributed by atoms with Gasteiger partial charge in [0.25, 0.3) is 0 Å². The number of hydrogen-bond donors (Lipinski definition) is 0. The Bertz CT molecular complexity index is 151. The van der Waals surface area contributed by atoms with E-state index in [1.807, 2.05) is 0 Å². The highest BCUT2D eigenvalue weighted by molar-refractivity contribution is 14.1. The zero-order chi connectivity index (χ0) is 7.56. The largest absolute Gasteiger partial charge is 0.274 e. The lowest BCUT2D eigenvalue weighted by atomic mass is 10.2. The van der Waals surface area contributed by atoms with Crippen LogP contribution < -0.4 is 0 Å². The average Bonchev–Trinajstić information content (AvgIpc) is 2.04. The van der Waals surface area contributed by atoms with Gasteiger partial charge >= 0.3 is 0 Å². The molecule has 0 spiro atoms. The van der Waals surface area contributed by atoms with Gasteiger partial charge in [-0.2, -0.15) is 0 Å². The summed E-state index contributed by atoms with van der Waals surface area (Å²) < 4.78 is 1.20. The van der Waals surface area contributed by atoms with E-state index < -0.39 is 0 Å². The average molecular weight is 253 g/mol. The second kappa shape index (κ2) is 3.32. The molecule has 0 unspecified atom stereocenters. The molecule has 0 aromatic heterocycles. The van der Waals surface area contributed by atoms with Crippen molar-refractivity contribution in [3.8, 4) is 0 Å². The second-order valence-corrected chi connectivity index (χ2v) is 3.24. The molecular weight excluding hydrogens is 245 g/mol. The predicted molar refractivity (Wildman–Crippen MR) is 44.3 cm³/mol. The second-order valence-electron chi connectivity index (χ2n) is 2.28. The molecule has 0 aromatic rings. The molecule has 3 nitrogen and oxygen atoms in total. The summed E-state index contributed by atoms with van der Waals surface area (Å²) in [7, 11) is 0. The summed E-state index contributed by atoms with van der Waals surface area (Å²) in [5.41, 5.74) is 0. The summed E-state index contributed by atoms with van der Waals surface area (Å²) in [6, 6.07) is 0. The number of rotatable bonds is 0. The highest BCUT2D eigenvalue weighted by Crippen LogP contribution is 2.15. The lowest BCUT2D eigenvalue weighted by Crippen LogP contribution is -2.24. The van der Waals surface area contributed by atoms with E-state index in [4.69, 9.17) is 0 Å². The number of nitrogens with zero attached hydrogens (tertiary/aromatic N) is 1. The topological polar surface area (TPSA) is 37.4 Å². The van der Waals surface area contributed by atoms with Crippen molar-refractivity contribution in [3.05, 3.63) is 0 Å². The van der Waals surface area contributed by atoms with Crippen molar-refractivity contribution < 1.29 is 9.59 Å². The fourth-order valence-electron chi connectivity index (χ4n) is 0.888. The summed E-state index contributed by atoms with van der Waals surface area (Å²) in [6.07, 6.45) is 2.75. The van der Waals surface area contributed by atoms with Gasteiger partial charge in [0.05, 0.1) is 22.9 Å². The van der Waals surface area contributed by atoms with E-state index in [0.29, 0.717) is 12.8 Å². The minimum absolute atomic E-state index is 0.0527. The SMILES string of the molecule is O=C1CCCCC(=O)N1I. The van der Waals surface area contributed by atoms with Crippen molar-refractivity contribution in [2.75, 3.05) is 0 Å². The van der Waals surface area contributed by atoms with E-state index in [0.717, 1.165) is 12.8 Å². The van der Waals surface area contributed by atoms with Crippen LogP contribution in [-0.2, 0) is 9.59 Å². The van der Waals surface area contributed by atoms with Crippen LogP contribution in [0, 0.1) is 0 Å². The molecular formula is C6H8INO2. The van der Waals surface area contributed by atoms with E-state index in [-0.39, 0.29) is 11.8 Å². The summed E-state index contributed by atoms with van der Waals surface area (Å²) in [5.74, 6) is -0.105. The first-order valence-electron chi connectivity index (χ1n) is 3.23. The molecule has 0 bridgehead atoms. The summed E-state index contributed by atoms with van der Waals surface area (Å²) >= 11 is 1.77. The van der Waals surface area contributed by atoms with Crippen molar-refractivity contribution in [1.82, 2.24) is 3.11 Å². The van der Waals surface area contributed by atoms with E-state index in [1.165, 1.54) is 3.11 Å². The Morgan fingerprint density at radius 2 is 1.50 bits per heavy atom. The summed E-state index contributed by atoms with van der Waals surface area (Å²) in [4.78, 5) is 21.8. The molecule has 0 N–H and O–H groups in total. The molecule has 1 aliphatic heterocycles. The van der Waals surface area contributed by atoms with E-state index in [9.17, 15) is 9.59 Å². The number of imide groups is 1. The molecule has 56 valence electrons. The van der Waals surface area contributed by atoms with Gasteiger partial charge in [-0.25, -0.2) is 3.11 Å². The smallest absolute Gasteiger partial charge is 0.238 e. The minimum Gasteiger partial charge on any atom is -0.274 e. The molecule has 4 heteroatoms. The first kappa shape index (κ1) is 7.97. The fraction of sp³-hybridized carbons (Fsp3) is 0.667. The van der Waals surface area contributed by atoms with Gasteiger partial charge in [0.15, 0.2) is 0 Å². The molecule has 1 rings (SSSR count). The van der Waals surface area contributed by atoms with Crippen LogP contribution in [0.4, 0.5) is 0 Å². The minimum atomic E-state index is -0.0527. The molecule has 0 radical (unpaired) electrons. The highest BCUT2D eigenvalue weighted by Gasteiger charge is 2.20. The molecule has 10 heavy (non-hydrogen) atoms. The molecule has 1 saturated heterocycles. The van der Waals surface area contributed by atoms with Crippen molar-refractivity contribution in [2.24, 2.45) is 0 Å². The predicted octanol–water partition coefficient (Wildman–Crippen LogP) is 1.27. The normalized spacial score (nSPS) is 21.1. The zero-order valence-electron chi connectivity index (χ0n) is 5.47. The molecule has 1 fully saturated rings. The Balaban J connectivity index is 2.64. The van der Waals surface area contributed by atoms with Gasteiger partial charge in [0.1, 0.15) is 0 Å². The molecule has 0 atom stereocenters. The first-order chi connectivity index (χ1) is 4.72.